The van der Waals surface area contributed by atoms with Crippen LogP contribution in [0.3, 0.4) is 0 Å². The van der Waals surface area contributed by atoms with Crippen LogP contribution >= 0.6 is 11.3 Å². The van der Waals surface area contributed by atoms with Crippen LogP contribution in [0.1, 0.15) is 0 Å². The minimum Gasteiger partial charge on any atom is -0.456 e. The molecule has 268 valence electrons. The van der Waals surface area contributed by atoms with Crippen molar-refractivity contribution in [3.8, 4) is 44.5 Å². The van der Waals surface area contributed by atoms with E-state index in [4.69, 9.17) is 4.42 Å². The van der Waals surface area contributed by atoms with Crippen LogP contribution < -0.4 is 4.90 Å². The molecule has 0 aliphatic carbocycles. The molecule has 11 aromatic rings. The van der Waals surface area contributed by atoms with E-state index in [2.05, 4.69) is 205 Å². The summed E-state index contributed by atoms with van der Waals surface area (Å²) < 4.78 is 9.09. The Bertz CT molecular complexity index is 3210. The summed E-state index contributed by atoms with van der Waals surface area (Å²) in [6.07, 6.45) is 0. The summed E-state index contributed by atoms with van der Waals surface area (Å²) in [5, 5.41) is 4.83. The van der Waals surface area contributed by atoms with E-state index < -0.39 is 0 Å². The highest BCUT2D eigenvalue weighted by Crippen LogP contribution is 2.48. The van der Waals surface area contributed by atoms with Gasteiger partial charge in [0.1, 0.15) is 11.2 Å². The Morgan fingerprint density at radius 3 is 1.63 bits per heavy atom. The Morgan fingerprint density at radius 2 is 0.877 bits per heavy atom. The van der Waals surface area contributed by atoms with Crippen LogP contribution in [0.25, 0.3) is 86.6 Å². The quantitative estimate of drug-likeness (QED) is 0.162. The molecule has 57 heavy (non-hydrogen) atoms. The molecule has 0 fully saturated rings. The highest BCUT2D eigenvalue weighted by Gasteiger charge is 2.22. The van der Waals surface area contributed by atoms with Crippen molar-refractivity contribution in [3.05, 3.63) is 212 Å². The molecule has 3 heteroatoms. The molecule has 11 rings (SSSR count). The number of rotatable bonds is 7. The molecule has 0 saturated carbocycles. The maximum Gasteiger partial charge on any atom is 0.137 e. The van der Waals surface area contributed by atoms with E-state index in [1.54, 1.807) is 0 Å². The molecule has 2 nitrogen and oxygen atoms in total. The summed E-state index contributed by atoms with van der Waals surface area (Å²) in [5.74, 6) is 0. The largest absolute Gasteiger partial charge is 0.456 e. The second kappa shape index (κ2) is 13.8. The number of para-hydroxylation sites is 1. The average Bonchev–Trinajstić information content (AvgIpc) is 3.85. The van der Waals surface area contributed by atoms with Gasteiger partial charge in [-0.15, -0.1) is 11.3 Å². The van der Waals surface area contributed by atoms with Crippen molar-refractivity contribution in [3.63, 3.8) is 0 Å². The SMILES string of the molecule is c1ccc(-c2ccc(-c3c(-c4ccc5c(c4)sc4ccccc45)cccc3N(c3ccc(-c4ccccc4)cc3)c3ccc4c(c3)oc3ccccc34)cc2)cc1. The lowest BCUT2D eigenvalue weighted by molar-refractivity contribution is 0.669. The van der Waals surface area contributed by atoms with Crippen molar-refractivity contribution >= 4 is 70.5 Å². The van der Waals surface area contributed by atoms with Crippen LogP contribution in [0.15, 0.2) is 217 Å². The van der Waals surface area contributed by atoms with Gasteiger partial charge in [-0.2, -0.15) is 0 Å². The first-order valence-electron chi connectivity index (χ1n) is 19.3. The zero-order valence-electron chi connectivity index (χ0n) is 31.0. The van der Waals surface area contributed by atoms with E-state index >= 15 is 0 Å². The zero-order chi connectivity index (χ0) is 37.7. The number of hydrogen-bond donors (Lipinski definition) is 0. The maximum atomic E-state index is 6.50. The average molecular weight is 746 g/mol. The van der Waals surface area contributed by atoms with Gasteiger partial charge in [0.25, 0.3) is 0 Å². The van der Waals surface area contributed by atoms with Crippen LogP contribution in [0, 0.1) is 0 Å². The summed E-state index contributed by atoms with van der Waals surface area (Å²) in [6.45, 7) is 0. The van der Waals surface area contributed by atoms with Crippen molar-refractivity contribution in [2.75, 3.05) is 4.90 Å². The van der Waals surface area contributed by atoms with Crippen LogP contribution in [-0.4, -0.2) is 0 Å². The van der Waals surface area contributed by atoms with Gasteiger partial charge in [-0.3, -0.25) is 0 Å². The van der Waals surface area contributed by atoms with Crippen molar-refractivity contribution < 1.29 is 4.42 Å². The Morgan fingerprint density at radius 1 is 0.333 bits per heavy atom. The second-order valence-corrected chi connectivity index (χ2v) is 15.6. The van der Waals surface area contributed by atoms with E-state index in [-0.39, 0.29) is 0 Å². The number of thiophene rings is 1. The summed E-state index contributed by atoms with van der Waals surface area (Å²) in [6, 6.07) is 76.5. The molecule has 0 atom stereocenters. The molecule has 2 aromatic heterocycles. The van der Waals surface area contributed by atoms with E-state index in [9.17, 15) is 0 Å². The molecule has 0 N–H and O–H groups in total. The van der Waals surface area contributed by atoms with Gasteiger partial charge in [0.2, 0.25) is 0 Å². The standard InChI is InChI=1S/C54H35NOS/c1-3-12-36(13-4-1)38-22-24-40(25-23-38)54-44(41-28-32-48-47-17-8-10-21-52(47)57-53(48)34-41)18-11-19-49(54)55(42-29-26-39(27-30-42)37-14-5-2-6-15-37)43-31-33-46-45-16-7-9-20-50(45)56-51(46)35-43/h1-35H. The van der Waals surface area contributed by atoms with Gasteiger partial charge in [-0.1, -0.05) is 158 Å². The lowest BCUT2D eigenvalue weighted by Crippen LogP contribution is -2.11. The second-order valence-electron chi connectivity index (χ2n) is 14.5. The fourth-order valence-electron chi connectivity index (χ4n) is 8.34. The fourth-order valence-corrected chi connectivity index (χ4v) is 9.48. The highest BCUT2D eigenvalue weighted by molar-refractivity contribution is 7.25. The summed E-state index contributed by atoms with van der Waals surface area (Å²) >= 11 is 1.86. The Balaban J connectivity index is 1.15. The Labute approximate surface area is 335 Å². The molecule has 0 aliphatic rings. The van der Waals surface area contributed by atoms with Gasteiger partial charge in [0.15, 0.2) is 0 Å². The molecule has 9 aromatic carbocycles. The predicted molar refractivity (Wildman–Crippen MR) is 243 cm³/mol. The van der Waals surface area contributed by atoms with Gasteiger partial charge in [0, 0.05) is 53.9 Å². The van der Waals surface area contributed by atoms with Crippen molar-refractivity contribution in [2.24, 2.45) is 0 Å². The van der Waals surface area contributed by atoms with Gasteiger partial charge < -0.3 is 9.32 Å². The lowest BCUT2D eigenvalue weighted by Gasteiger charge is -2.29. The maximum absolute atomic E-state index is 6.50. The minimum absolute atomic E-state index is 0.861. The molecule has 0 saturated heterocycles. The highest BCUT2D eigenvalue weighted by atomic mass is 32.1. The number of anilines is 3. The van der Waals surface area contributed by atoms with E-state index in [0.717, 1.165) is 50.1 Å². The fraction of sp³-hybridized carbons (Fsp3) is 0. The number of benzene rings is 9. The van der Waals surface area contributed by atoms with E-state index in [1.165, 1.54) is 53.6 Å². The van der Waals surface area contributed by atoms with Gasteiger partial charge in [-0.25, -0.2) is 0 Å². The molecule has 0 unspecified atom stereocenters. The van der Waals surface area contributed by atoms with Crippen molar-refractivity contribution in [1.29, 1.82) is 0 Å². The van der Waals surface area contributed by atoms with E-state index in [0.29, 0.717) is 0 Å². The predicted octanol–water partition coefficient (Wildman–Crippen LogP) is 16.1. The lowest BCUT2D eigenvalue weighted by atomic mass is 9.90. The smallest absolute Gasteiger partial charge is 0.137 e. The molecule has 0 bridgehead atoms. The molecule has 0 amide bonds. The Hall–Kier alpha value is -7.20. The molecule has 2 heterocycles. The number of fused-ring (bicyclic) bond motifs is 6. The first-order chi connectivity index (χ1) is 28.2. The number of hydrogen-bond acceptors (Lipinski definition) is 3. The number of nitrogens with zero attached hydrogens (tertiary/aromatic N) is 1. The monoisotopic (exact) mass is 745 g/mol. The van der Waals surface area contributed by atoms with Crippen LogP contribution in [0.4, 0.5) is 17.1 Å². The zero-order valence-corrected chi connectivity index (χ0v) is 31.8. The van der Waals surface area contributed by atoms with Gasteiger partial charge in [-0.05, 0) is 87.5 Å². The van der Waals surface area contributed by atoms with E-state index in [1.807, 2.05) is 23.5 Å². The summed E-state index contributed by atoms with van der Waals surface area (Å²) in [7, 11) is 0. The normalized spacial score (nSPS) is 11.5. The molecular formula is C54H35NOS. The molecule has 0 spiro atoms. The van der Waals surface area contributed by atoms with Crippen LogP contribution in [0.2, 0.25) is 0 Å². The third-order valence-electron chi connectivity index (χ3n) is 11.1. The third-order valence-corrected chi connectivity index (χ3v) is 12.2. The first-order valence-corrected chi connectivity index (χ1v) is 20.1. The molecule has 0 radical (unpaired) electrons. The van der Waals surface area contributed by atoms with Gasteiger partial charge in [0.05, 0.1) is 5.69 Å². The molecule has 0 aliphatic heterocycles. The number of furan rings is 1. The summed E-state index contributed by atoms with van der Waals surface area (Å²) in [4.78, 5) is 2.39. The topological polar surface area (TPSA) is 16.4 Å². The third kappa shape index (κ3) is 5.88. The van der Waals surface area contributed by atoms with Crippen LogP contribution in [-0.2, 0) is 0 Å². The van der Waals surface area contributed by atoms with Crippen molar-refractivity contribution in [2.45, 2.75) is 0 Å². The van der Waals surface area contributed by atoms with Crippen LogP contribution in [0.5, 0.6) is 0 Å². The van der Waals surface area contributed by atoms with Gasteiger partial charge >= 0.3 is 0 Å². The minimum atomic E-state index is 0.861. The van der Waals surface area contributed by atoms with Crippen molar-refractivity contribution in [1.82, 2.24) is 0 Å². The first kappa shape index (κ1) is 33.2. The molecular weight excluding hydrogens is 711 g/mol. The Kier molecular flexibility index (Phi) is 8.04. The summed E-state index contributed by atoms with van der Waals surface area (Å²) in [5.41, 5.74) is 14.3.